The number of aromatic nitrogens is 1. The number of nitrogens with zero attached hydrogens (tertiary/aromatic N) is 1. The van der Waals surface area contributed by atoms with Crippen molar-refractivity contribution in [1.29, 1.82) is 0 Å². The Balaban J connectivity index is 0.000000456. The molecular weight excluding hydrogens is 642 g/mol. The topological polar surface area (TPSA) is 209 Å². The van der Waals surface area contributed by atoms with E-state index in [9.17, 15) is 31.2 Å². The molecule has 0 radical (unpaired) electrons. The first-order valence-electron chi connectivity index (χ1n) is 13.2. The predicted molar refractivity (Wildman–Crippen MR) is 162 cm³/mol. The Morgan fingerprint density at radius 1 is 1.00 bits per heavy atom. The zero-order valence-electron chi connectivity index (χ0n) is 23.3. The molecule has 0 aliphatic carbocycles. The Morgan fingerprint density at radius 3 is 2.23 bits per heavy atom. The number of carbonyl (C=O) groups is 2. The average Bonchev–Trinajstić information content (AvgIpc) is 2.96. The van der Waals surface area contributed by atoms with Gasteiger partial charge in [-0.25, -0.2) is 4.79 Å². The van der Waals surface area contributed by atoms with Crippen LogP contribution >= 0.6 is 11.6 Å². The first kappa shape index (κ1) is 35.1. The Labute approximate surface area is 258 Å². The molecule has 0 bridgehead atoms. The molecule has 1 saturated heterocycles. The molecule has 1 unspecified atom stereocenters. The number of rotatable bonds is 11. The lowest BCUT2D eigenvalue weighted by Gasteiger charge is -2.26. The molecule has 0 saturated carbocycles. The standard InChI is InChI=1S/C25H26ClN3O5.C2H6O6S2/c26-19-7-5-17(6-8-19)24(31)28-22(25(32)34-14-11-29-9-12-33-13-10-29)15-18-16-23(30)27-21-4-2-1-3-20(18)21;3-9(4,5)1-2-10(6,7)8/h1-8,16,22H,9-15H2,(H,27,30)(H,28,31);1-2H2,(H,3,4,5)(H,6,7,8). The van der Waals surface area contributed by atoms with Crippen molar-refractivity contribution < 1.29 is 45.0 Å². The highest BCUT2D eigenvalue weighted by Gasteiger charge is 2.25. The highest BCUT2D eigenvalue weighted by molar-refractivity contribution is 7.89. The van der Waals surface area contributed by atoms with E-state index in [1.54, 1.807) is 30.3 Å². The van der Waals surface area contributed by atoms with E-state index in [4.69, 9.17) is 30.2 Å². The normalized spacial score (nSPS) is 14.7. The van der Waals surface area contributed by atoms with E-state index >= 15 is 0 Å². The highest BCUT2D eigenvalue weighted by atomic mass is 35.5. The number of esters is 1. The molecule has 4 N–H and O–H groups in total. The summed E-state index contributed by atoms with van der Waals surface area (Å²) < 4.78 is 66.3. The van der Waals surface area contributed by atoms with Crippen LogP contribution in [0.5, 0.6) is 0 Å². The van der Waals surface area contributed by atoms with Gasteiger partial charge >= 0.3 is 5.97 Å². The van der Waals surface area contributed by atoms with E-state index in [0.29, 0.717) is 41.4 Å². The number of ether oxygens (including phenoxy) is 2. The van der Waals surface area contributed by atoms with Crippen molar-refractivity contribution >= 4 is 54.6 Å². The van der Waals surface area contributed by atoms with Crippen molar-refractivity contribution in [3.05, 3.63) is 81.1 Å². The summed E-state index contributed by atoms with van der Waals surface area (Å²) in [7, 11) is -8.59. The monoisotopic (exact) mass is 673 g/mol. The number of hydrogen-bond donors (Lipinski definition) is 4. The maximum atomic E-state index is 13.0. The molecule has 1 amide bonds. The van der Waals surface area contributed by atoms with Gasteiger partial charge in [-0.15, -0.1) is 0 Å². The van der Waals surface area contributed by atoms with Crippen LogP contribution in [-0.2, 0) is 40.9 Å². The molecule has 14 nitrogen and oxygen atoms in total. The Morgan fingerprint density at radius 2 is 1.61 bits per heavy atom. The van der Waals surface area contributed by atoms with E-state index in [0.717, 1.165) is 18.5 Å². The molecule has 4 rings (SSSR count). The lowest BCUT2D eigenvalue weighted by Crippen LogP contribution is -2.44. The maximum Gasteiger partial charge on any atom is 0.329 e. The van der Waals surface area contributed by atoms with Gasteiger partial charge in [-0.1, -0.05) is 29.8 Å². The minimum atomic E-state index is -4.30. The van der Waals surface area contributed by atoms with E-state index in [1.807, 2.05) is 18.2 Å². The summed E-state index contributed by atoms with van der Waals surface area (Å²) >= 11 is 5.92. The second-order valence-corrected chi connectivity index (χ2v) is 13.2. The van der Waals surface area contributed by atoms with Gasteiger partial charge in [-0.05, 0) is 35.9 Å². The molecule has 0 spiro atoms. The van der Waals surface area contributed by atoms with Crippen molar-refractivity contribution in [2.75, 3.05) is 51.0 Å². The summed E-state index contributed by atoms with van der Waals surface area (Å²) in [5, 5.41) is 4.08. The molecule has 3 aromatic rings. The lowest BCUT2D eigenvalue weighted by atomic mass is 10.0. The third-order valence-corrected chi connectivity index (χ3v) is 8.26. The summed E-state index contributed by atoms with van der Waals surface area (Å²) in [6.45, 7) is 3.66. The van der Waals surface area contributed by atoms with Crippen LogP contribution in [0.2, 0.25) is 5.02 Å². The SMILES string of the molecule is O=C(NC(Cc1cc(=O)[nH]c2ccccc12)C(=O)OCCN1CCOCC1)c1ccc(Cl)cc1.O=S(=O)(O)CCS(=O)(=O)O. The fraction of sp³-hybridized carbons (Fsp3) is 0.370. The van der Waals surface area contributed by atoms with Crippen LogP contribution < -0.4 is 10.9 Å². The van der Waals surface area contributed by atoms with Crippen LogP contribution in [0.1, 0.15) is 15.9 Å². The lowest BCUT2D eigenvalue weighted by molar-refractivity contribution is -0.146. The largest absolute Gasteiger partial charge is 0.463 e. The Bertz CT molecular complexity index is 1670. The second-order valence-electron chi connectivity index (χ2n) is 9.64. The maximum absolute atomic E-state index is 13.0. The molecule has 1 aliphatic rings. The molecule has 1 aromatic heterocycles. The van der Waals surface area contributed by atoms with Crippen molar-refractivity contribution in [2.24, 2.45) is 0 Å². The highest BCUT2D eigenvalue weighted by Crippen LogP contribution is 2.17. The number of pyridine rings is 1. The van der Waals surface area contributed by atoms with Crippen LogP contribution in [-0.4, -0.2) is 105 Å². The van der Waals surface area contributed by atoms with Crippen LogP contribution in [0.25, 0.3) is 10.9 Å². The number of amides is 1. The van der Waals surface area contributed by atoms with E-state index in [-0.39, 0.29) is 18.6 Å². The zero-order chi connectivity index (χ0) is 32.3. The van der Waals surface area contributed by atoms with Crippen molar-refractivity contribution in [3.63, 3.8) is 0 Å². The average molecular weight is 674 g/mol. The number of hydrogen-bond acceptors (Lipinski definition) is 10. The summed E-state index contributed by atoms with van der Waals surface area (Å²) in [6.07, 6.45) is 0.111. The van der Waals surface area contributed by atoms with Gasteiger partial charge in [0.2, 0.25) is 5.56 Å². The van der Waals surface area contributed by atoms with Gasteiger partial charge in [-0.3, -0.25) is 23.6 Å². The van der Waals surface area contributed by atoms with Crippen LogP contribution in [0.3, 0.4) is 0 Å². The molecule has 1 aliphatic heterocycles. The third kappa shape index (κ3) is 12.3. The first-order valence-corrected chi connectivity index (χ1v) is 16.8. The van der Waals surface area contributed by atoms with Gasteiger partial charge in [0.05, 0.1) is 24.7 Å². The number of morpholine rings is 1. The summed E-state index contributed by atoms with van der Waals surface area (Å²) in [5.41, 5.74) is 1.39. The number of carbonyl (C=O) groups excluding carboxylic acids is 2. The predicted octanol–water partition coefficient (Wildman–Crippen LogP) is 1.16. The van der Waals surface area contributed by atoms with Gasteiger partial charge in [0, 0.05) is 53.6 Å². The smallest absolute Gasteiger partial charge is 0.329 e. The molecule has 240 valence electrons. The summed E-state index contributed by atoms with van der Waals surface area (Å²) in [6, 6.07) is 14.2. The zero-order valence-corrected chi connectivity index (χ0v) is 25.7. The first-order chi connectivity index (χ1) is 20.7. The molecule has 1 fully saturated rings. The molecule has 2 aromatic carbocycles. The minimum Gasteiger partial charge on any atom is -0.463 e. The number of aromatic amines is 1. The van der Waals surface area contributed by atoms with Gasteiger partial charge in [-0.2, -0.15) is 16.8 Å². The van der Waals surface area contributed by atoms with Gasteiger partial charge < -0.3 is 19.8 Å². The van der Waals surface area contributed by atoms with Gasteiger partial charge in [0.15, 0.2) is 0 Å². The fourth-order valence-corrected chi connectivity index (χ4v) is 5.92. The third-order valence-electron chi connectivity index (χ3n) is 6.31. The van der Waals surface area contributed by atoms with Crippen LogP contribution in [0, 0.1) is 0 Å². The van der Waals surface area contributed by atoms with E-state index in [2.05, 4.69) is 15.2 Å². The van der Waals surface area contributed by atoms with Crippen LogP contribution in [0.15, 0.2) is 59.4 Å². The summed E-state index contributed by atoms with van der Waals surface area (Å²) in [5.74, 6) is -2.95. The molecule has 1 atom stereocenters. The number of benzene rings is 2. The quantitative estimate of drug-likeness (QED) is 0.167. The number of para-hydroxylation sites is 1. The van der Waals surface area contributed by atoms with Gasteiger partial charge in [0.1, 0.15) is 12.6 Å². The number of halogens is 1. The number of nitrogens with one attached hydrogen (secondary N) is 2. The van der Waals surface area contributed by atoms with Gasteiger partial charge in [0.25, 0.3) is 26.1 Å². The van der Waals surface area contributed by atoms with Crippen molar-refractivity contribution in [3.8, 4) is 0 Å². The van der Waals surface area contributed by atoms with Crippen molar-refractivity contribution in [2.45, 2.75) is 12.5 Å². The second kappa shape index (κ2) is 16.1. The molecule has 17 heteroatoms. The molecule has 44 heavy (non-hydrogen) atoms. The minimum absolute atomic E-state index is 0.111. The number of H-pyrrole nitrogens is 1. The van der Waals surface area contributed by atoms with E-state index in [1.165, 1.54) is 6.07 Å². The van der Waals surface area contributed by atoms with Crippen LogP contribution in [0.4, 0.5) is 0 Å². The Kier molecular flexibility index (Phi) is 12.8. The van der Waals surface area contributed by atoms with E-state index < -0.39 is 49.7 Å². The molecule has 2 heterocycles. The molecular formula is C27H32ClN3O11S2. The fourth-order valence-electron chi connectivity index (χ4n) is 4.11. The number of fused-ring (bicyclic) bond motifs is 1. The Hall–Kier alpha value is -3.38. The summed E-state index contributed by atoms with van der Waals surface area (Å²) in [4.78, 5) is 43.0. The van der Waals surface area contributed by atoms with Crippen molar-refractivity contribution in [1.82, 2.24) is 15.2 Å².